The molecule has 1 N–H and O–H groups in total. The quantitative estimate of drug-likeness (QED) is 0.845. The summed E-state index contributed by atoms with van der Waals surface area (Å²) in [5.74, 6) is 2.65. The highest BCUT2D eigenvalue weighted by Gasteiger charge is 2.39. The Bertz CT molecular complexity index is 380. The van der Waals surface area contributed by atoms with Crippen LogP contribution in [-0.4, -0.2) is 32.5 Å². The lowest BCUT2D eigenvalue weighted by Crippen LogP contribution is -2.46. The molecule has 3 nitrogen and oxygen atoms in total. The molecule has 1 saturated carbocycles. The van der Waals surface area contributed by atoms with E-state index in [1.165, 1.54) is 32.1 Å². The summed E-state index contributed by atoms with van der Waals surface area (Å²) in [7, 11) is -2.76. The Kier molecular flexibility index (Phi) is 5.29. The van der Waals surface area contributed by atoms with Crippen molar-refractivity contribution in [3.05, 3.63) is 0 Å². The molecule has 2 fully saturated rings. The molecule has 1 aliphatic carbocycles. The predicted molar refractivity (Wildman–Crippen MR) is 80.0 cm³/mol. The minimum Gasteiger partial charge on any atom is -0.314 e. The lowest BCUT2D eigenvalue weighted by Gasteiger charge is -2.40. The SMILES string of the molecule is CCNC(C1CCS(=O)(=O)C1)C1CCCCC1CC. The summed E-state index contributed by atoms with van der Waals surface area (Å²) in [6, 6.07) is 0.424. The van der Waals surface area contributed by atoms with Crippen LogP contribution >= 0.6 is 0 Å². The van der Waals surface area contributed by atoms with Crippen LogP contribution in [0.25, 0.3) is 0 Å². The largest absolute Gasteiger partial charge is 0.314 e. The first-order chi connectivity index (χ1) is 9.07. The molecule has 4 unspecified atom stereocenters. The summed E-state index contributed by atoms with van der Waals surface area (Å²) < 4.78 is 23.5. The van der Waals surface area contributed by atoms with E-state index in [4.69, 9.17) is 0 Å². The Morgan fingerprint density at radius 2 is 1.89 bits per heavy atom. The topological polar surface area (TPSA) is 46.2 Å². The highest BCUT2D eigenvalue weighted by molar-refractivity contribution is 7.91. The van der Waals surface area contributed by atoms with Gasteiger partial charge in [-0.25, -0.2) is 8.42 Å². The van der Waals surface area contributed by atoms with E-state index >= 15 is 0 Å². The molecular weight excluding hydrogens is 258 g/mol. The molecule has 0 aromatic heterocycles. The molecule has 0 amide bonds. The highest BCUT2D eigenvalue weighted by atomic mass is 32.2. The first-order valence-corrected chi connectivity index (χ1v) is 9.83. The van der Waals surface area contributed by atoms with Crippen LogP contribution in [0.1, 0.15) is 52.4 Å². The summed E-state index contributed by atoms with van der Waals surface area (Å²) in [6.45, 7) is 5.38. The molecule has 0 spiro atoms. The van der Waals surface area contributed by atoms with Gasteiger partial charge in [0.2, 0.25) is 0 Å². The lowest BCUT2D eigenvalue weighted by atomic mass is 9.70. The van der Waals surface area contributed by atoms with Crippen molar-refractivity contribution < 1.29 is 8.42 Å². The molecule has 0 bridgehead atoms. The second-order valence-corrected chi connectivity index (χ2v) is 8.59. The maximum atomic E-state index is 11.8. The number of hydrogen-bond acceptors (Lipinski definition) is 3. The summed E-state index contributed by atoms with van der Waals surface area (Å²) in [5, 5.41) is 3.63. The van der Waals surface area contributed by atoms with Crippen LogP contribution < -0.4 is 5.32 Å². The van der Waals surface area contributed by atoms with Gasteiger partial charge in [-0.2, -0.15) is 0 Å². The second-order valence-electron chi connectivity index (χ2n) is 6.36. The molecular formula is C15H29NO2S. The normalized spacial score (nSPS) is 36.2. The van der Waals surface area contributed by atoms with Gasteiger partial charge >= 0.3 is 0 Å². The zero-order chi connectivity index (χ0) is 13.9. The van der Waals surface area contributed by atoms with E-state index in [9.17, 15) is 8.42 Å². The molecule has 4 atom stereocenters. The average molecular weight is 287 g/mol. The van der Waals surface area contributed by atoms with Crippen LogP contribution in [-0.2, 0) is 9.84 Å². The van der Waals surface area contributed by atoms with E-state index in [1.54, 1.807) is 0 Å². The summed E-state index contributed by atoms with van der Waals surface area (Å²) >= 11 is 0. The Balaban J connectivity index is 2.10. The fourth-order valence-corrected chi connectivity index (χ4v) is 6.08. The Morgan fingerprint density at radius 1 is 1.16 bits per heavy atom. The van der Waals surface area contributed by atoms with Crippen LogP contribution in [0.3, 0.4) is 0 Å². The van der Waals surface area contributed by atoms with Crippen LogP contribution in [0, 0.1) is 17.8 Å². The van der Waals surface area contributed by atoms with Gasteiger partial charge in [0.15, 0.2) is 9.84 Å². The first-order valence-electron chi connectivity index (χ1n) is 8.01. The van der Waals surface area contributed by atoms with Gasteiger partial charge in [0.25, 0.3) is 0 Å². The third kappa shape index (κ3) is 3.72. The van der Waals surface area contributed by atoms with Crippen molar-refractivity contribution in [1.29, 1.82) is 0 Å². The van der Waals surface area contributed by atoms with Gasteiger partial charge < -0.3 is 5.32 Å². The number of sulfone groups is 1. The molecule has 0 aromatic carbocycles. The van der Waals surface area contributed by atoms with Crippen molar-refractivity contribution in [3.8, 4) is 0 Å². The van der Waals surface area contributed by atoms with Gasteiger partial charge in [-0.1, -0.05) is 39.5 Å². The monoisotopic (exact) mass is 287 g/mol. The first kappa shape index (κ1) is 15.3. The van der Waals surface area contributed by atoms with Gasteiger partial charge in [0, 0.05) is 6.04 Å². The summed E-state index contributed by atoms with van der Waals surface area (Å²) in [5.41, 5.74) is 0. The van der Waals surface area contributed by atoms with Crippen LogP contribution in [0.4, 0.5) is 0 Å². The van der Waals surface area contributed by atoms with Gasteiger partial charge in [-0.15, -0.1) is 0 Å². The molecule has 1 heterocycles. The molecule has 2 rings (SSSR count). The third-order valence-electron chi connectivity index (χ3n) is 5.17. The molecule has 0 radical (unpaired) electrons. The van der Waals surface area contributed by atoms with Gasteiger partial charge in [0.05, 0.1) is 11.5 Å². The number of hydrogen-bond donors (Lipinski definition) is 1. The predicted octanol–water partition coefficient (Wildman–Crippen LogP) is 2.62. The van der Waals surface area contributed by atoms with E-state index in [0.717, 1.165) is 18.9 Å². The van der Waals surface area contributed by atoms with Crippen LogP contribution in [0.5, 0.6) is 0 Å². The van der Waals surface area contributed by atoms with E-state index in [0.29, 0.717) is 29.4 Å². The van der Waals surface area contributed by atoms with E-state index in [1.807, 2.05) is 0 Å². The maximum Gasteiger partial charge on any atom is 0.150 e. The van der Waals surface area contributed by atoms with Crippen molar-refractivity contribution in [3.63, 3.8) is 0 Å². The average Bonchev–Trinajstić information content (AvgIpc) is 2.76. The summed E-state index contributed by atoms with van der Waals surface area (Å²) in [4.78, 5) is 0. The maximum absolute atomic E-state index is 11.8. The molecule has 4 heteroatoms. The smallest absolute Gasteiger partial charge is 0.150 e. The van der Waals surface area contributed by atoms with Crippen LogP contribution in [0.15, 0.2) is 0 Å². The number of rotatable bonds is 5. The zero-order valence-corrected chi connectivity index (χ0v) is 13.2. The fraction of sp³-hybridized carbons (Fsp3) is 1.00. The highest BCUT2D eigenvalue weighted by Crippen LogP contribution is 2.38. The standard InChI is InChI=1S/C15H29NO2S/c1-3-12-7-5-6-8-14(12)15(16-4-2)13-9-10-19(17,18)11-13/h12-16H,3-11H2,1-2H3. The minimum atomic E-state index is -2.76. The fourth-order valence-electron chi connectivity index (χ4n) is 4.23. The van der Waals surface area contributed by atoms with Crippen molar-refractivity contribution in [2.45, 2.75) is 58.4 Å². The lowest BCUT2D eigenvalue weighted by molar-refractivity contribution is 0.145. The Labute approximate surface area is 118 Å². The zero-order valence-electron chi connectivity index (χ0n) is 12.4. The molecule has 112 valence electrons. The molecule has 1 aliphatic heterocycles. The van der Waals surface area contributed by atoms with E-state index in [-0.39, 0.29) is 0 Å². The van der Waals surface area contributed by atoms with Crippen molar-refractivity contribution in [1.82, 2.24) is 5.32 Å². The molecule has 2 aliphatic rings. The Morgan fingerprint density at radius 3 is 2.47 bits per heavy atom. The molecule has 0 aromatic rings. The molecule has 1 saturated heterocycles. The van der Waals surface area contributed by atoms with Crippen molar-refractivity contribution in [2.75, 3.05) is 18.1 Å². The molecule has 19 heavy (non-hydrogen) atoms. The Hall–Kier alpha value is -0.0900. The van der Waals surface area contributed by atoms with Crippen molar-refractivity contribution in [2.24, 2.45) is 17.8 Å². The van der Waals surface area contributed by atoms with Crippen LogP contribution in [0.2, 0.25) is 0 Å². The van der Waals surface area contributed by atoms with Gasteiger partial charge in [-0.05, 0) is 37.1 Å². The number of nitrogens with one attached hydrogen (secondary N) is 1. The van der Waals surface area contributed by atoms with Gasteiger partial charge in [-0.3, -0.25) is 0 Å². The van der Waals surface area contributed by atoms with Gasteiger partial charge in [0.1, 0.15) is 0 Å². The van der Waals surface area contributed by atoms with Crippen molar-refractivity contribution >= 4 is 9.84 Å². The minimum absolute atomic E-state index is 0.349. The van der Waals surface area contributed by atoms with E-state index < -0.39 is 9.84 Å². The summed E-state index contributed by atoms with van der Waals surface area (Å²) in [6.07, 6.45) is 7.41. The van der Waals surface area contributed by atoms with E-state index in [2.05, 4.69) is 19.2 Å². The second kappa shape index (κ2) is 6.57. The third-order valence-corrected chi connectivity index (χ3v) is 6.96.